The van der Waals surface area contributed by atoms with Crippen LogP contribution in [0.3, 0.4) is 0 Å². The molecule has 0 fully saturated rings. The lowest BCUT2D eigenvalue weighted by Crippen LogP contribution is -2.15. The Hall–Kier alpha value is -2.05. The Morgan fingerprint density at radius 3 is 2.32 bits per heavy atom. The minimum absolute atomic E-state index is 0.181. The lowest BCUT2D eigenvalue weighted by molar-refractivity contribution is 0.486. The highest BCUT2D eigenvalue weighted by Gasteiger charge is 2.15. The molecule has 0 aromatic heterocycles. The summed E-state index contributed by atoms with van der Waals surface area (Å²) in [6, 6.07) is 15.4. The number of nitrogen functional groups attached to an aromatic ring is 1. The van der Waals surface area contributed by atoms with Crippen molar-refractivity contribution in [1.29, 1.82) is 0 Å². The van der Waals surface area contributed by atoms with Crippen LogP contribution in [0, 0.1) is 0 Å². The van der Waals surface area contributed by atoms with Crippen molar-refractivity contribution in [3.8, 4) is 5.75 Å². The van der Waals surface area contributed by atoms with Gasteiger partial charge in [-0.3, -0.25) is 5.84 Å². The fourth-order valence-electron chi connectivity index (χ4n) is 1.60. The Morgan fingerprint density at radius 2 is 1.63 bits per heavy atom. The molecule has 19 heavy (non-hydrogen) atoms. The zero-order valence-corrected chi connectivity index (χ0v) is 10.9. The van der Waals surface area contributed by atoms with Crippen molar-refractivity contribution in [2.75, 3.05) is 5.43 Å². The maximum Gasteiger partial charge on any atom is 0.313 e. The minimum atomic E-state index is -3.72. The maximum absolute atomic E-state index is 11.9. The van der Waals surface area contributed by atoms with E-state index in [9.17, 15) is 8.42 Å². The SMILES string of the molecule is NNc1ccccc1OS(=O)(=O)Cc1ccccc1. The van der Waals surface area contributed by atoms with Gasteiger partial charge < -0.3 is 9.61 Å². The fourth-order valence-corrected chi connectivity index (χ4v) is 2.68. The molecule has 2 aromatic rings. The van der Waals surface area contributed by atoms with E-state index in [4.69, 9.17) is 10.0 Å². The molecule has 0 unspecified atom stereocenters. The summed E-state index contributed by atoms with van der Waals surface area (Å²) in [5.74, 6) is 5.29. The van der Waals surface area contributed by atoms with Crippen LogP contribution in [0.2, 0.25) is 0 Å². The summed E-state index contributed by atoms with van der Waals surface area (Å²) in [6.07, 6.45) is 0. The Bertz CT molecular complexity index is 642. The summed E-state index contributed by atoms with van der Waals surface area (Å²) < 4.78 is 29.0. The topological polar surface area (TPSA) is 81.4 Å². The van der Waals surface area contributed by atoms with Crippen LogP contribution in [-0.4, -0.2) is 8.42 Å². The predicted molar refractivity (Wildman–Crippen MR) is 73.9 cm³/mol. The molecule has 0 radical (unpaired) electrons. The van der Waals surface area contributed by atoms with Crippen molar-refractivity contribution in [3.05, 3.63) is 60.2 Å². The van der Waals surface area contributed by atoms with Gasteiger partial charge in [-0.2, -0.15) is 8.42 Å². The zero-order chi connectivity index (χ0) is 13.7. The van der Waals surface area contributed by atoms with Crippen molar-refractivity contribution in [2.24, 2.45) is 5.84 Å². The molecule has 2 aromatic carbocycles. The average Bonchev–Trinajstić information content (AvgIpc) is 2.39. The molecule has 0 aliphatic carbocycles. The summed E-state index contributed by atoms with van der Waals surface area (Å²) >= 11 is 0. The fraction of sp³-hybridized carbons (Fsp3) is 0.0769. The highest BCUT2D eigenvalue weighted by atomic mass is 32.2. The van der Waals surface area contributed by atoms with Crippen molar-refractivity contribution >= 4 is 15.8 Å². The second-order valence-corrected chi connectivity index (χ2v) is 5.48. The van der Waals surface area contributed by atoms with E-state index in [0.29, 0.717) is 11.3 Å². The number of para-hydroxylation sites is 2. The molecule has 0 aliphatic rings. The Balaban J connectivity index is 2.18. The largest absolute Gasteiger partial charge is 0.380 e. The van der Waals surface area contributed by atoms with E-state index in [1.165, 1.54) is 6.07 Å². The van der Waals surface area contributed by atoms with Crippen LogP contribution in [0.1, 0.15) is 5.56 Å². The van der Waals surface area contributed by atoms with Gasteiger partial charge in [0.15, 0.2) is 5.75 Å². The molecule has 0 amide bonds. The number of hydrogen-bond acceptors (Lipinski definition) is 5. The minimum Gasteiger partial charge on any atom is -0.380 e. The highest BCUT2D eigenvalue weighted by Crippen LogP contribution is 2.25. The molecule has 2 rings (SSSR count). The number of hydrogen-bond donors (Lipinski definition) is 2. The van der Waals surface area contributed by atoms with Crippen LogP contribution in [0.4, 0.5) is 5.69 Å². The van der Waals surface area contributed by atoms with Crippen LogP contribution < -0.4 is 15.5 Å². The first-order valence-electron chi connectivity index (χ1n) is 5.62. The summed E-state index contributed by atoms with van der Waals surface area (Å²) in [6.45, 7) is 0. The third-order valence-corrected chi connectivity index (χ3v) is 3.57. The van der Waals surface area contributed by atoms with Gasteiger partial charge in [-0.25, -0.2) is 0 Å². The van der Waals surface area contributed by atoms with Crippen LogP contribution in [0.25, 0.3) is 0 Å². The molecular formula is C13H14N2O3S. The molecule has 0 saturated heterocycles. The third-order valence-electron chi connectivity index (χ3n) is 2.45. The number of hydrazine groups is 1. The molecule has 0 aliphatic heterocycles. The van der Waals surface area contributed by atoms with E-state index in [1.807, 2.05) is 6.07 Å². The van der Waals surface area contributed by atoms with Gasteiger partial charge in [-0.1, -0.05) is 42.5 Å². The number of nitrogens with two attached hydrogens (primary N) is 1. The van der Waals surface area contributed by atoms with Gasteiger partial charge in [0.2, 0.25) is 0 Å². The monoisotopic (exact) mass is 278 g/mol. The second-order valence-electron chi connectivity index (χ2n) is 3.91. The Kier molecular flexibility index (Phi) is 4.03. The molecular weight excluding hydrogens is 264 g/mol. The van der Waals surface area contributed by atoms with E-state index in [1.54, 1.807) is 42.5 Å². The molecule has 3 N–H and O–H groups in total. The van der Waals surface area contributed by atoms with Gasteiger partial charge in [0.05, 0.1) is 5.69 Å². The van der Waals surface area contributed by atoms with Gasteiger partial charge in [-0.05, 0) is 17.7 Å². The van der Waals surface area contributed by atoms with E-state index < -0.39 is 10.1 Å². The van der Waals surface area contributed by atoms with Gasteiger partial charge in [0.1, 0.15) is 5.75 Å². The van der Waals surface area contributed by atoms with Crippen LogP contribution in [0.5, 0.6) is 5.75 Å². The standard InChI is InChI=1S/C13H14N2O3S/c14-15-12-8-4-5-9-13(12)18-19(16,17)10-11-6-2-1-3-7-11/h1-9,15H,10,14H2. The molecule has 0 saturated carbocycles. The normalized spacial score (nSPS) is 11.0. The second kappa shape index (κ2) is 5.73. The van der Waals surface area contributed by atoms with E-state index >= 15 is 0 Å². The van der Waals surface area contributed by atoms with Crippen molar-refractivity contribution in [2.45, 2.75) is 5.75 Å². The van der Waals surface area contributed by atoms with Crippen molar-refractivity contribution in [3.63, 3.8) is 0 Å². The van der Waals surface area contributed by atoms with Crippen LogP contribution >= 0.6 is 0 Å². The summed E-state index contributed by atoms with van der Waals surface area (Å²) in [7, 11) is -3.72. The predicted octanol–water partition coefficient (Wildman–Crippen LogP) is 1.88. The average molecular weight is 278 g/mol. The first-order valence-corrected chi connectivity index (χ1v) is 7.20. The van der Waals surface area contributed by atoms with Gasteiger partial charge in [-0.15, -0.1) is 0 Å². The van der Waals surface area contributed by atoms with Crippen molar-refractivity contribution < 1.29 is 12.6 Å². The Morgan fingerprint density at radius 1 is 1.00 bits per heavy atom. The molecule has 0 spiro atoms. The highest BCUT2D eigenvalue weighted by molar-refractivity contribution is 7.86. The van der Waals surface area contributed by atoms with E-state index in [2.05, 4.69) is 5.43 Å². The molecule has 6 heteroatoms. The summed E-state index contributed by atoms with van der Waals surface area (Å²) in [5, 5.41) is 0. The van der Waals surface area contributed by atoms with Crippen LogP contribution in [-0.2, 0) is 15.9 Å². The van der Waals surface area contributed by atoms with Gasteiger partial charge in [0, 0.05) is 0 Å². The molecule has 0 bridgehead atoms. The summed E-state index contributed by atoms with van der Waals surface area (Å²) in [5.41, 5.74) is 3.48. The molecule has 0 heterocycles. The van der Waals surface area contributed by atoms with Gasteiger partial charge in [0.25, 0.3) is 0 Å². The van der Waals surface area contributed by atoms with Crippen molar-refractivity contribution in [1.82, 2.24) is 0 Å². The quantitative estimate of drug-likeness (QED) is 0.496. The van der Waals surface area contributed by atoms with E-state index in [0.717, 1.165) is 0 Å². The molecule has 5 nitrogen and oxygen atoms in total. The Labute approximate surface area is 112 Å². The smallest absolute Gasteiger partial charge is 0.313 e. The van der Waals surface area contributed by atoms with Gasteiger partial charge >= 0.3 is 10.1 Å². The zero-order valence-electron chi connectivity index (χ0n) is 10.1. The third kappa shape index (κ3) is 3.70. The van der Waals surface area contributed by atoms with Crippen LogP contribution in [0.15, 0.2) is 54.6 Å². The maximum atomic E-state index is 11.9. The molecule has 0 atom stereocenters. The number of nitrogens with one attached hydrogen (secondary N) is 1. The number of anilines is 1. The first-order chi connectivity index (χ1) is 9.11. The van der Waals surface area contributed by atoms with E-state index in [-0.39, 0.29) is 11.5 Å². The summed E-state index contributed by atoms with van der Waals surface area (Å²) in [4.78, 5) is 0. The number of benzene rings is 2. The lowest BCUT2D eigenvalue weighted by Gasteiger charge is -2.10. The first kappa shape index (κ1) is 13.4. The molecule has 100 valence electrons. The lowest BCUT2D eigenvalue weighted by atomic mass is 10.2. The number of rotatable bonds is 5.